The number of carbonyl (C=O) groups excluding carboxylic acids is 1. The van der Waals surface area contributed by atoms with Crippen molar-refractivity contribution in [1.29, 1.82) is 0 Å². The summed E-state index contributed by atoms with van der Waals surface area (Å²) in [5.74, 6) is 0.478. The van der Waals surface area contributed by atoms with Crippen LogP contribution in [0.25, 0.3) is 21.8 Å². The van der Waals surface area contributed by atoms with Gasteiger partial charge in [0.2, 0.25) is 0 Å². The Balaban J connectivity index is 1.55. The predicted octanol–water partition coefficient (Wildman–Crippen LogP) is 8.08. The Morgan fingerprint density at radius 1 is 1.00 bits per heavy atom. The summed E-state index contributed by atoms with van der Waals surface area (Å²) in [6, 6.07) is 26.1. The van der Waals surface area contributed by atoms with Crippen molar-refractivity contribution in [2.24, 2.45) is 0 Å². The van der Waals surface area contributed by atoms with E-state index >= 15 is 0 Å². The van der Waals surface area contributed by atoms with Crippen LogP contribution >= 0.6 is 23.4 Å². The standard InChI is InChI=1S/C32H31ClN2O3S/c1-32(2,3)39-31-26-17-25(38-20-24-14-11-22-7-5-6-8-27(22)34-24)15-16-28(26)35(29(31)18-30(36)37-4)19-21-9-12-23(33)13-10-21/h5-17H,18-20H2,1-4H3. The molecule has 2 aromatic heterocycles. The Labute approximate surface area is 238 Å². The molecule has 200 valence electrons. The second kappa shape index (κ2) is 11.3. The molecule has 2 heterocycles. The highest BCUT2D eigenvalue weighted by Gasteiger charge is 2.25. The molecule has 5 nitrogen and oxygen atoms in total. The van der Waals surface area contributed by atoms with Gasteiger partial charge in [-0.2, -0.15) is 0 Å². The average molecular weight is 559 g/mol. The molecule has 0 aliphatic heterocycles. The second-order valence-electron chi connectivity index (χ2n) is 10.4. The Morgan fingerprint density at radius 3 is 2.51 bits per heavy atom. The molecule has 0 bridgehead atoms. The van der Waals surface area contributed by atoms with E-state index in [0.29, 0.717) is 18.2 Å². The monoisotopic (exact) mass is 558 g/mol. The number of thioether (sulfide) groups is 1. The van der Waals surface area contributed by atoms with Gasteiger partial charge in [0.25, 0.3) is 0 Å². The number of ether oxygens (including phenoxy) is 2. The molecule has 0 aliphatic rings. The minimum atomic E-state index is -0.273. The highest BCUT2D eigenvalue weighted by atomic mass is 35.5. The number of methoxy groups -OCH3 is 1. The van der Waals surface area contributed by atoms with Crippen LogP contribution in [0.1, 0.15) is 37.7 Å². The largest absolute Gasteiger partial charge is 0.487 e. The van der Waals surface area contributed by atoms with E-state index in [0.717, 1.165) is 49.4 Å². The number of benzene rings is 3. The number of pyridine rings is 1. The van der Waals surface area contributed by atoms with Gasteiger partial charge < -0.3 is 14.0 Å². The van der Waals surface area contributed by atoms with Crippen LogP contribution in [0.2, 0.25) is 5.02 Å². The van der Waals surface area contributed by atoms with E-state index in [4.69, 9.17) is 26.1 Å². The lowest BCUT2D eigenvalue weighted by Crippen LogP contribution is -2.13. The predicted molar refractivity (Wildman–Crippen MR) is 160 cm³/mol. The fourth-order valence-electron chi connectivity index (χ4n) is 4.55. The van der Waals surface area contributed by atoms with Crippen LogP contribution in [-0.4, -0.2) is 27.4 Å². The minimum absolute atomic E-state index is 0.0733. The quantitative estimate of drug-likeness (QED) is 0.142. The Kier molecular flexibility index (Phi) is 7.87. The van der Waals surface area contributed by atoms with Crippen LogP contribution in [0.4, 0.5) is 0 Å². The number of fused-ring (bicyclic) bond motifs is 2. The Hall–Kier alpha value is -3.48. The van der Waals surface area contributed by atoms with Crippen molar-refractivity contribution in [2.45, 2.75) is 50.0 Å². The number of aromatic nitrogens is 2. The topological polar surface area (TPSA) is 53.4 Å². The molecule has 0 radical (unpaired) electrons. The normalized spacial score (nSPS) is 11.7. The molecule has 0 aliphatic carbocycles. The first-order valence-corrected chi connectivity index (χ1v) is 14.0. The highest BCUT2D eigenvalue weighted by molar-refractivity contribution is 8.00. The zero-order chi connectivity index (χ0) is 27.6. The first-order valence-electron chi connectivity index (χ1n) is 12.8. The van der Waals surface area contributed by atoms with Crippen molar-refractivity contribution in [3.05, 3.63) is 101 Å². The molecule has 0 unspecified atom stereocenters. The first kappa shape index (κ1) is 27.1. The number of carbonyl (C=O) groups is 1. The molecular formula is C32H31ClN2O3S. The average Bonchev–Trinajstić information content (AvgIpc) is 3.18. The molecule has 0 atom stereocenters. The SMILES string of the molecule is COC(=O)Cc1c(SC(C)(C)C)c2cc(OCc3ccc4ccccc4n3)ccc2n1Cc1ccc(Cl)cc1. The fourth-order valence-corrected chi connectivity index (χ4v) is 5.86. The maximum atomic E-state index is 12.6. The molecule has 0 saturated carbocycles. The number of para-hydroxylation sites is 1. The number of esters is 1. The van der Waals surface area contributed by atoms with Gasteiger partial charge in [0, 0.05) is 43.2 Å². The van der Waals surface area contributed by atoms with Gasteiger partial charge in [-0.15, -0.1) is 11.8 Å². The highest BCUT2D eigenvalue weighted by Crippen LogP contribution is 2.42. The van der Waals surface area contributed by atoms with Crippen LogP contribution in [-0.2, 0) is 29.1 Å². The van der Waals surface area contributed by atoms with E-state index in [9.17, 15) is 4.79 Å². The Morgan fingerprint density at radius 2 is 1.77 bits per heavy atom. The van der Waals surface area contributed by atoms with Crippen molar-refractivity contribution >= 4 is 51.1 Å². The van der Waals surface area contributed by atoms with E-state index in [-0.39, 0.29) is 17.1 Å². The molecule has 0 amide bonds. The number of hydrogen-bond donors (Lipinski definition) is 0. The maximum Gasteiger partial charge on any atom is 0.311 e. The van der Waals surface area contributed by atoms with Gasteiger partial charge in [0.1, 0.15) is 12.4 Å². The second-order valence-corrected chi connectivity index (χ2v) is 12.7. The van der Waals surface area contributed by atoms with Gasteiger partial charge in [-0.25, -0.2) is 4.98 Å². The third kappa shape index (κ3) is 6.40. The summed E-state index contributed by atoms with van der Waals surface area (Å²) < 4.78 is 13.5. The summed E-state index contributed by atoms with van der Waals surface area (Å²) in [5.41, 5.74) is 4.87. The number of rotatable bonds is 8. The van der Waals surface area contributed by atoms with Crippen LogP contribution in [0.5, 0.6) is 5.75 Å². The first-order chi connectivity index (χ1) is 18.7. The van der Waals surface area contributed by atoms with Gasteiger partial charge in [-0.3, -0.25) is 4.79 Å². The minimum Gasteiger partial charge on any atom is -0.487 e. The third-order valence-electron chi connectivity index (χ3n) is 6.34. The van der Waals surface area contributed by atoms with E-state index in [1.54, 1.807) is 11.8 Å². The van der Waals surface area contributed by atoms with Crippen molar-refractivity contribution in [2.75, 3.05) is 7.11 Å². The number of hydrogen-bond acceptors (Lipinski definition) is 5. The van der Waals surface area contributed by atoms with E-state index in [1.807, 2.05) is 54.6 Å². The molecule has 7 heteroatoms. The summed E-state index contributed by atoms with van der Waals surface area (Å²) in [6.07, 6.45) is 0.175. The van der Waals surface area contributed by atoms with Crippen LogP contribution in [0.15, 0.2) is 83.8 Å². The molecule has 39 heavy (non-hydrogen) atoms. The summed E-state index contributed by atoms with van der Waals surface area (Å²) in [5, 5.41) is 2.84. The zero-order valence-electron chi connectivity index (χ0n) is 22.5. The lowest BCUT2D eigenvalue weighted by Gasteiger charge is -2.19. The molecule has 0 N–H and O–H groups in total. The van der Waals surface area contributed by atoms with E-state index in [1.165, 1.54) is 7.11 Å². The summed E-state index contributed by atoms with van der Waals surface area (Å²) >= 11 is 7.89. The van der Waals surface area contributed by atoms with Crippen molar-refractivity contribution < 1.29 is 14.3 Å². The van der Waals surface area contributed by atoms with Gasteiger partial charge in [0.05, 0.1) is 24.7 Å². The molecule has 0 saturated heterocycles. The third-order valence-corrected chi connectivity index (χ3v) is 7.86. The van der Waals surface area contributed by atoms with Crippen molar-refractivity contribution in [3.63, 3.8) is 0 Å². The lowest BCUT2D eigenvalue weighted by atomic mass is 10.2. The maximum absolute atomic E-state index is 12.6. The van der Waals surface area contributed by atoms with Crippen LogP contribution in [0, 0.1) is 0 Å². The van der Waals surface area contributed by atoms with Crippen molar-refractivity contribution in [1.82, 2.24) is 9.55 Å². The molecule has 5 aromatic rings. The van der Waals surface area contributed by atoms with E-state index in [2.05, 4.69) is 49.6 Å². The molecular weight excluding hydrogens is 528 g/mol. The van der Waals surface area contributed by atoms with Gasteiger partial charge >= 0.3 is 5.97 Å². The smallest absolute Gasteiger partial charge is 0.311 e. The molecule has 0 fully saturated rings. The van der Waals surface area contributed by atoms with Gasteiger partial charge in [-0.05, 0) is 48.0 Å². The summed E-state index contributed by atoms with van der Waals surface area (Å²) in [7, 11) is 1.43. The number of halogens is 1. The Bertz CT molecular complexity index is 1640. The van der Waals surface area contributed by atoms with Crippen LogP contribution in [0.3, 0.4) is 0 Å². The van der Waals surface area contributed by atoms with E-state index < -0.39 is 0 Å². The number of nitrogens with zero attached hydrogens (tertiary/aromatic N) is 2. The van der Waals surface area contributed by atoms with Gasteiger partial charge in [0.15, 0.2) is 0 Å². The zero-order valence-corrected chi connectivity index (χ0v) is 24.1. The molecule has 0 spiro atoms. The summed E-state index contributed by atoms with van der Waals surface area (Å²) in [6.45, 7) is 7.49. The van der Waals surface area contributed by atoms with Crippen LogP contribution < -0.4 is 4.74 Å². The fraction of sp³-hybridized carbons (Fsp3) is 0.250. The molecule has 3 aromatic carbocycles. The molecule has 5 rings (SSSR count). The summed E-state index contributed by atoms with van der Waals surface area (Å²) in [4.78, 5) is 18.3. The van der Waals surface area contributed by atoms with Crippen molar-refractivity contribution in [3.8, 4) is 5.75 Å². The van der Waals surface area contributed by atoms with Gasteiger partial charge in [-0.1, -0.05) is 68.8 Å². The lowest BCUT2D eigenvalue weighted by molar-refractivity contribution is -0.139.